The molecule has 1 aromatic carbocycles. The highest BCUT2D eigenvalue weighted by Gasteiger charge is 2.24. The van der Waals surface area contributed by atoms with E-state index in [9.17, 15) is 9.90 Å². The molecule has 3 N–H and O–H groups in total. The van der Waals surface area contributed by atoms with E-state index in [0.29, 0.717) is 32.0 Å². The van der Waals surface area contributed by atoms with Gasteiger partial charge in [-0.3, -0.25) is 4.79 Å². The van der Waals surface area contributed by atoms with E-state index in [1.54, 1.807) is 18.3 Å². The number of guanidine groups is 1. The Morgan fingerprint density at radius 3 is 2.72 bits per heavy atom. The van der Waals surface area contributed by atoms with Crippen molar-refractivity contribution in [2.75, 3.05) is 19.6 Å². The fourth-order valence-corrected chi connectivity index (χ4v) is 4.16. The lowest BCUT2D eigenvalue weighted by Gasteiger charge is -2.24. The lowest BCUT2D eigenvalue weighted by atomic mass is 9.99. The first-order valence-electron chi connectivity index (χ1n) is 10.1. The Morgan fingerprint density at radius 2 is 2.07 bits per heavy atom. The van der Waals surface area contributed by atoms with Crippen LogP contribution in [0.3, 0.4) is 0 Å². The Labute approximate surface area is 176 Å². The summed E-state index contributed by atoms with van der Waals surface area (Å²) in [6, 6.07) is 10.1. The number of rotatable bonds is 8. The van der Waals surface area contributed by atoms with Crippen LogP contribution in [0, 0.1) is 0 Å². The highest BCUT2D eigenvalue weighted by atomic mass is 32.1. The molecule has 2 aromatic rings. The van der Waals surface area contributed by atoms with Crippen LogP contribution in [0.5, 0.6) is 0 Å². The van der Waals surface area contributed by atoms with E-state index in [1.165, 1.54) is 0 Å². The number of amides is 1. The number of hydrogen-bond acceptors (Lipinski definition) is 4. The van der Waals surface area contributed by atoms with E-state index >= 15 is 0 Å². The third-order valence-corrected chi connectivity index (χ3v) is 5.83. The van der Waals surface area contributed by atoms with Crippen molar-refractivity contribution in [2.24, 2.45) is 4.99 Å². The predicted octanol–water partition coefficient (Wildman–Crippen LogP) is 2.83. The van der Waals surface area contributed by atoms with Gasteiger partial charge in [0, 0.05) is 26.1 Å². The molecule has 0 saturated carbocycles. The van der Waals surface area contributed by atoms with Crippen molar-refractivity contribution >= 4 is 23.2 Å². The van der Waals surface area contributed by atoms with Gasteiger partial charge in [-0.25, -0.2) is 4.99 Å². The first kappa shape index (κ1) is 21.3. The molecule has 1 unspecified atom stereocenters. The molecule has 0 radical (unpaired) electrons. The Kier molecular flexibility index (Phi) is 7.28. The number of carbonyl (C=O) groups excluding carboxylic acids is 1. The second-order valence-electron chi connectivity index (χ2n) is 7.52. The van der Waals surface area contributed by atoms with Crippen LogP contribution in [0.25, 0.3) is 0 Å². The zero-order valence-corrected chi connectivity index (χ0v) is 18.0. The number of hydrogen-bond donors (Lipinski definition) is 3. The summed E-state index contributed by atoms with van der Waals surface area (Å²) in [5.74, 6) is 0.893. The van der Waals surface area contributed by atoms with Crippen LogP contribution in [0.4, 0.5) is 0 Å². The maximum Gasteiger partial charge on any atom is 0.222 e. The summed E-state index contributed by atoms with van der Waals surface area (Å²) in [7, 11) is 0. The molecule has 1 fully saturated rings. The SMILES string of the molecule is CCNC(=NCc1ccccc1CN1CCCC1=O)NCC(C)(O)c1ccsc1. The van der Waals surface area contributed by atoms with Crippen LogP contribution in [0.2, 0.25) is 0 Å². The molecule has 0 aliphatic carbocycles. The summed E-state index contributed by atoms with van der Waals surface area (Å²) in [4.78, 5) is 18.6. The highest BCUT2D eigenvalue weighted by Crippen LogP contribution is 2.22. The third kappa shape index (κ3) is 5.81. The summed E-state index contributed by atoms with van der Waals surface area (Å²) in [6.07, 6.45) is 1.59. The number of likely N-dealkylation sites (tertiary alicyclic amines) is 1. The van der Waals surface area contributed by atoms with Gasteiger partial charge in [-0.15, -0.1) is 0 Å². The average molecular weight is 415 g/mol. The Bertz CT molecular complexity index is 833. The largest absolute Gasteiger partial charge is 0.384 e. The van der Waals surface area contributed by atoms with Gasteiger partial charge in [-0.1, -0.05) is 24.3 Å². The second-order valence-corrected chi connectivity index (χ2v) is 8.30. The summed E-state index contributed by atoms with van der Waals surface area (Å²) < 4.78 is 0. The zero-order chi connectivity index (χ0) is 20.7. The van der Waals surface area contributed by atoms with Crippen molar-refractivity contribution in [3.63, 3.8) is 0 Å². The predicted molar refractivity (Wildman–Crippen MR) is 118 cm³/mol. The summed E-state index contributed by atoms with van der Waals surface area (Å²) in [6.45, 7) is 6.89. The summed E-state index contributed by atoms with van der Waals surface area (Å²) in [5, 5.41) is 21.1. The van der Waals surface area contributed by atoms with Crippen molar-refractivity contribution < 1.29 is 9.90 Å². The summed E-state index contributed by atoms with van der Waals surface area (Å²) in [5.41, 5.74) is 2.16. The molecule has 1 atom stereocenters. The van der Waals surface area contributed by atoms with Gasteiger partial charge >= 0.3 is 0 Å². The molecule has 1 amide bonds. The van der Waals surface area contributed by atoms with Crippen LogP contribution >= 0.6 is 11.3 Å². The van der Waals surface area contributed by atoms with Gasteiger partial charge in [-0.05, 0) is 53.8 Å². The Hall–Kier alpha value is -2.38. The minimum absolute atomic E-state index is 0.231. The van der Waals surface area contributed by atoms with Gasteiger partial charge in [0.25, 0.3) is 0 Å². The molecular weight excluding hydrogens is 384 g/mol. The number of nitrogens with one attached hydrogen (secondary N) is 2. The summed E-state index contributed by atoms with van der Waals surface area (Å²) >= 11 is 1.57. The maximum atomic E-state index is 12.0. The van der Waals surface area contributed by atoms with Crippen LogP contribution in [0.15, 0.2) is 46.1 Å². The van der Waals surface area contributed by atoms with Crippen molar-refractivity contribution in [2.45, 2.75) is 45.4 Å². The van der Waals surface area contributed by atoms with E-state index in [4.69, 9.17) is 4.99 Å². The molecule has 2 heterocycles. The third-order valence-electron chi connectivity index (χ3n) is 5.15. The number of nitrogens with zero attached hydrogens (tertiary/aromatic N) is 2. The smallest absolute Gasteiger partial charge is 0.222 e. The zero-order valence-electron chi connectivity index (χ0n) is 17.1. The molecular formula is C22H30N4O2S. The molecule has 1 saturated heterocycles. The monoisotopic (exact) mass is 414 g/mol. The van der Waals surface area contributed by atoms with Gasteiger partial charge in [0.15, 0.2) is 5.96 Å². The first-order chi connectivity index (χ1) is 14.0. The quantitative estimate of drug-likeness (QED) is 0.459. The number of aliphatic hydroxyl groups is 1. The van der Waals surface area contributed by atoms with E-state index in [1.807, 2.05) is 40.8 Å². The van der Waals surface area contributed by atoms with E-state index in [0.717, 1.165) is 36.2 Å². The van der Waals surface area contributed by atoms with E-state index in [2.05, 4.69) is 22.8 Å². The van der Waals surface area contributed by atoms with Crippen LogP contribution < -0.4 is 10.6 Å². The Morgan fingerprint density at radius 1 is 1.28 bits per heavy atom. The van der Waals surface area contributed by atoms with Gasteiger partial charge in [0.05, 0.1) is 13.1 Å². The topological polar surface area (TPSA) is 77.0 Å². The van der Waals surface area contributed by atoms with Gasteiger partial charge < -0.3 is 20.6 Å². The number of aliphatic imine (C=N–C) groups is 1. The molecule has 1 aliphatic rings. The van der Waals surface area contributed by atoms with Crippen LogP contribution in [-0.2, 0) is 23.5 Å². The lowest BCUT2D eigenvalue weighted by Crippen LogP contribution is -2.44. The molecule has 156 valence electrons. The number of benzene rings is 1. The maximum absolute atomic E-state index is 12.0. The van der Waals surface area contributed by atoms with Crippen molar-refractivity contribution in [1.29, 1.82) is 0 Å². The fourth-order valence-electron chi connectivity index (χ4n) is 3.38. The molecule has 29 heavy (non-hydrogen) atoms. The fraction of sp³-hybridized carbons (Fsp3) is 0.455. The average Bonchev–Trinajstić information content (AvgIpc) is 3.38. The van der Waals surface area contributed by atoms with E-state index in [-0.39, 0.29) is 5.91 Å². The molecule has 0 spiro atoms. The molecule has 1 aliphatic heterocycles. The molecule has 6 nitrogen and oxygen atoms in total. The van der Waals surface area contributed by atoms with Gasteiger partial charge in [0.2, 0.25) is 5.91 Å². The van der Waals surface area contributed by atoms with Crippen molar-refractivity contribution in [3.05, 3.63) is 57.8 Å². The normalized spacial score (nSPS) is 16.7. The molecule has 1 aromatic heterocycles. The van der Waals surface area contributed by atoms with Crippen molar-refractivity contribution in [1.82, 2.24) is 15.5 Å². The van der Waals surface area contributed by atoms with Gasteiger partial charge in [-0.2, -0.15) is 11.3 Å². The number of thiophene rings is 1. The minimum atomic E-state index is -0.968. The van der Waals surface area contributed by atoms with Gasteiger partial charge in [0.1, 0.15) is 5.60 Å². The minimum Gasteiger partial charge on any atom is -0.384 e. The van der Waals surface area contributed by atoms with Crippen LogP contribution in [0.1, 0.15) is 43.4 Å². The lowest BCUT2D eigenvalue weighted by molar-refractivity contribution is -0.128. The van der Waals surface area contributed by atoms with Crippen molar-refractivity contribution in [3.8, 4) is 0 Å². The Balaban J connectivity index is 1.66. The van der Waals surface area contributed by atoms with Crippen LogP contribution in [-0.4, -0.2) is 41.5 Å². The molecule has 3 rings (SSSR count). The number of carbonyl (C=O) groups is 1. The highest BCUT2D eigenvalue weighted by molar-refractivity contribution is 7.08. The standard InChI is InChI=1S/C22H30N4O2S/c1-3-23-21(25-16-22(2,28)19-10-12-29-15-19)24-13-17-7-4-5-8-18(17)14-26-11-6-9-20(26)27/h4-5,7-8,10,12,15,28H,3,6,9,11,13-14,16H2,1-2H3,(H2,23,24,25). The van der Waals surface area contributed by atoms with E-state index < -0.39 is 5.60 Å². The molecule has 7 heteroatoms. The second kappa shape index (κ2) is 9.89. The first-order valence-corrected chi connectivity index (χ1v) is 11.1. The molecule has 0 bridgehead atoms.